The number of ether oxygens (including phenoxy) is 1. The van der Waals surface area contributed by atoms with Gasteiger partial charge in [-0.05, 0) is 50.6 Å². The first-order valence-electron chi connectivity index (χ1n) is 7.10. The standard InChI is InChI=1S/C15H20BrClN2O2/c1-18-9-11-4-6-19(7-5-11)15(20)10-21-14-3-2-12(16)8-13(14)17/h2-3,8,11,18H,4-7,9-10H2,1H3. The zero-order valence-electron chi connectivity index (χ0n) is 12.1. The molecule has 1 aliphatic rings. The molecule has 1 N–H and O–H groups in total. The molecule has 21 heavy (non-hydrogen) atoms. The van der Waals surface area contributed by atoms with Crippen molar-refractivity contribution >= 4 is 33.4 Å². The second-order valence-corrected chi connectivity index (χ2v) is 6.57. The topological polar surface area (TPSA) is 41.6 Å². The zero-order chi connectivity index (χ0) is 15.2. The lowest BCUT2D eigenvalue weighted by Crippen LogP contribution is -2.42. The van der Waals surface area contributed by atoms with E-state index in [9.17, 15) is 4.79 Å². The van der Waals surface area contributed by atoms with Crippen molar-refractivity contribution in [2.24, 2.45) is 5.92 Å². The third kappa shape index (κ3) is 4.87. The van der Waals surface area contributed by atoms with Crippen molar-refractivity contribution in [2.45, 2.75) is 12.8 Å². The Morgan fingerprint density at radius 1 is 1.48 bits per heavy atom. The Labute approximate surface area is 138 Å². The van der Waals surface area contributed by atoms with Crippen LogP contribution in [0.2, 0.25) is 5.02 Å². The number of piperidine rings is 1. The number of nitrogens with one attached hydrogen (secondary N) is 1. The summed E-state index contributed by atoms with van der Waals surface area (Å²) in [6, 6.07) is 5.36. The van der Waals surface area contributed by atoms with Crippen LogP contribution in [-0.4, -0.2) is 44.1 Å². The Kier molecular flexibility index (Phi) is 6.33. The molecule has 1 amide bonds. The molecular formula is C15H20BrClN2O2. The quantitative estimate of drug-likeness (QED) is 0.860. The van der Waals surface area contributed by atoms with Gasteiger partial charge in [0.05, 0.1) is 5.02 Å². The third-order valence-corrected chi connectivity index (χ3v) is 4.49. The van der Waals surface area contributed by atoms with E-state index in [4.69, 9.17) is 16.3 Å². The fourth-order valence-corrected chi connectivity index (χ4v) is 3.23. The molecule has 0 aliphatic carbocycles. The van der Waals surface area contributed by atoms with E-state index in [0.29, 0.717) is 16.7 Å². The van der Waals surface area contributed by atoms with Crippen LogP contribution in [0.3, 0.4) is 0 Å². The van der Waals surface area contributed by atoms with Crippen molar-refractivity contribution in [1.82, 2.24) is 10.2 Å². The van der Waals surface area contributed by atoms with E-state index in [-0.39, 0.29) is 12.5 Å². The van der Waals surface area contributed by atoms with Crippen molar-refractivity contribution in [3.8, 4) is 5.75 Å². The first-order valence-corrected chi connectivity index (χ1v) is 8.27. The Morgan fingerprint density at radius 2 is 2.19 bits per heavy atom. The van der Waals surface area contributed by atoms with Gasteiger partial charge in [-0.1, -0.05) is 27.5 Å². The number of likely N-dealkylation sites (tertiary alicyclic amines) is 1. The molecule has 1 aromatic rings. The number of amides is 1. The molecule has 0 bridgehead atoms. The van der Waals surface area contributed by atoms with E-state index >= 15 is 0 Å². The SMILES string of the molecule is CNCC1CCN(C(=O)COc2ccc(Br)cc2Cl)CC1. The summed E-state index contributed by atoms with van der Waals surface area (Å²) in [6.45, 7) is 2.68. The molecule has 6 heteroatoms. The highest BCUT2D eigenvalue weighted by atomic mass is 79.9. The van der Waals surface area contributed by atoms with Crippen LogP contribution in [0, 0.1) is 5.92 Å². The number of nitrogens with zero attached hydrogens (tertiary/aromatic N) is 1. The van der Waals surface area contributed by atoms with Gasteiger partial charge in [0.2, 0.25) is 0 Å². The lowest BCUT2D eigenvalue weighted by atomic mass is 9.97. The van der Waals surface area contributed by atoms with Gasteiger partial charge in [-0.25, -0.2) is 0 Å². The van der Waals surface area contributed by atoms with Crippen LogP contribution >= 0.6 is 27.5 Å². The van der Waals surface area contributed by atoms with Crippen molar-refractivity contribution in [3.63, 3.8) is 0 Å². The number of benzene rings is 1. The van der Waals surface area contributed by atoms with Crippen LogP contribution in [-0.2, 0) is 4.79 Å². The molecule has 1 fully saturated rings. The molecule has 0 aromatic heterocycles. The Hall–Kier alpha value is -0.780. The number of hydrogen-bond donors (Lipinski definition) is 1. The number of hydrogen-bond acceptors (Lipinski definition) is 3. The molecule has 0 spiro atoms. The molecule has 4 nitrogen and oxygen atoms in total. The monoisotopic (exact) mass is 374 g/mol. The predicted molar refractivity (Wildman–Crippen MR) is 87.9 cm³/mol. The van der Waals surface area contributed by atoms with E-state index in [1.807, 2.05) is 18.0 Å². The first kappa shape index (κ1) is 16.6. The molecule has 1 aromatic carbocycles. The Balaban J connectivity index is 1.80. The molecule has 1 saturated heterocycles. The van der Waals surface area contributed by atoms with Gasteiger partial charge in [0.15, 0.2) is 6.61 Å². The summed E-state index contributed by atoms with van der Waals surface area (Å²) in [4.78, 5) is 14.0. The highest BCUT2D eigenvalue weighted by molar-refractivity contribution is 9.10. The molecule has 2 rings (SSSR count). The largest absolute Gasteiger partial charge is 0.482 e. The molecule has 116 valence electrons. The molecule has 0 unspecified atom stereocenters. The fourth-order valence-electron chi connectivity index (χ4n) is 2.50. The summed E-state index contributed by atoms with van der Waals surface area (Å²) < 4.78 is 6.41. The number of rotatable bonds is 5. The Bertz CT molecular complexity index is 491. The van der Waals surface area contributed by atoms with Crippen LogP contribution in [0.5, 0.6) is 5.75 Å². The second-order valence-electron chi connectivity index (χ2n) is 5.25. The van der Waals surface area contributed by atoms with Crippen LogP contribution < -0.4 is 10.1 Å². The van der Waals surface area contributed by atoms with Crippen LogP contribution in [0.1, 0.15) is 12.8 Å². The van der Waals surface area contributed by atoms with Crippen LogP contribution in [0.15, 0.2) is 22.7 Å². The molecule has 0 saturated carbocycles. The summed E-state index contributed by atoms with van der Waals surface area (Å²) >= 11 is 9.40. The molecule has 0 atom stereocenters. The minimum absolute atomic E-state index is 0.0249. The van der Waals surface area contributed by atoms with Gasteiger partial charge in [-0.15, -0.1) is 0 Å². The summed E-state index contributed by atoms with van der Waals surface area (Å²) in [7, 11) is 1.97. The van der Waals surface area contributed by atoms with Gasteiger partial charge in [0.1, 0.15) is 5.75 Å². The second kappa shape index (κ2) is 8.01. The summed E-state index contributed by atoms with van der Waals surface area (Å²) in [6.07, 6.45) is 2.09. The van der Waals surface area contributed by atoms with Gasteiger partial charge < -0.3 is 15.0 Å². The van der Waals surface area contributed by atoms with Crippen LogP contribution in [0.4, 0.5) is 0 Å². The minimum atomic E-state index is 0.0249. The predicted octanol–water partition coefficient (Wildman–Crippen LogP) is 2.94. The van der Waals surface area contributed by atoms with Crippen molar-refractivity contribution in [2.75, 3.05) is 33.3 Å². The lowest BCUT2D eigenvalue weighted by molar-refractivity contribution is -0.134. The van der Waals surface area contributed by atoms with Gasteiger partial charge in [0.25, 0.3) is 5.91 Å². The van der Waals surface area contributed by atoms with Gasteiger partial charge in [0, 0.05) is 17.6 Å². The van der Waals surface area contributed by atoms with E-state index < -0.39 is 0 Å². The molecule has 1 heterocycles. The fraction of sp³-hybridized carbons (Fsp3) is 0.533. The number of carbonyl (C=O) groups excluding carboxylic acids is 1. The average Bonchev–Trinajstić information content (AvgIpc) is 2.47. The van der Waals surface area contributed by atoms with E-state index in [0.717, 1.165) is 36.9 Å². The number of halogens is 2. The highest BCUT2D eigenvalue weighted by Gasteiger charge is 2.22. The van der Waals surface area contributed by atoms with Crippen molar-refractivity contribution in [1.29, 1.82) is 0 Å². The normalized spacial score (nSPS) is 16.0. The summed E-state index contributed by atoms with van der Waals surface area (Å²) in [5, 5.41) is 3.70. The third-order valence-electron chi connectivity index (χ3n) is 3.71. The summed E-state index contributed by atoms with van der Waals surface area (Å²) in [5.74, 6) is 1.23. The van der Waals surface area contributed by atoms with Crippen molar-refractivity contribution in [3.05, 3.63) is 27.7 Å². The Morgan fingerprint density at radius 3 is 2.81 bits per heavy atom. The maximum atomic E-state index is 12.1. The average molecular weight is 376 g/mol. The lowest BCUT2D eigenvalue weighted by Gasteiger charge is -2.31. The zero-order valence-corrected chi connectivity index (χ0v) is 14.4. The van der Waals surface area contributed by atoms with Crippen molar-refractivity contribution < 1.29 is 9.53 Å². The summed E-state index contributed by atoms with van der Waals surface area (Å²) in [5.41, 5.74) is 0. The smallest absolute Gasteiger partial charge is 0.260 e. The van der Waals surface area contributed by atoms with Gasteiger partial charge >= 0.3 is 0 Å². The van der Waals surface area contributed by atoms with E-state index in [1.165, 1.54) is 0 Å². The van der Waals surface area contributed by atoms with Gasteiger partial charge in [-0.2, -0.15) is 0 Å². The molecular weight excluding hydrogens is 356 g/mol. The highest BCUT2D eigenvalue weighted by Crippen LogP contribution is 2.27. The number of carbonyl (C=O) groups is 1. The van der Waals surface area contributed by atoms with Gasteiger partial charge in [-0.3, -0.25) is 4.79 Å². The van der Waals surface area contributed by atoms with E-state index in [1.54, 1.807) is 12.1 Å². The minimum Gasteiger partial charge on any atom is -0.482 e. The maximum Gasteiger partial charge on any atom is 0.260 e. The molecule has 1 aliphatic heterocycles. The first-order chi connectivity index (χ1) is 10.1. The maximum absolute atomic E-state index is 12.1. The molecule has 0 radical (unpaired) electrons. The van der Waals surface area contributed by atoms with Crippen LogP contribution in [0.25, 0.3) is 0 Å². The van der Waals surface area contributed by atoms with E-state index in [2.05, 4.69) is 21.2 Å².